The van der Waals surface area contributed by atoms with E-state index < -0.39 is 12.1 Å². The van der Waals surface area contributed by atoms with E-state index in [9.17, 15) is 22.8 Å². The Morgan fingerprint density at radius 3 is 2.45 bits per heavy atom. The number of nitrogens with one attached hydrogen (secondary N) is 1. The van der Waals surface area contributed by atoms with Gasteiger partial charge in [-0.1, -0.05) is 42.4 Å². The maximum absolute atomic E-state index is 12.9. The van der Waals surface area contributed by atoms with Gasteiger partial charge in [0.25, 0.3) is 0 Å². The summed E-state index contributed by atoms with van der Waals surface area (Å²) in [5.74, 6) is -1.69. The molecule has 2 rings (SSSR count). The predicted octanol–water partition coefficient (Wildman–Crippen LogP) is 5.31. The average Bonchev–Trinajstić information content (AvgIpc) is 2.74. The smallest absolute Gasteiger partial charge is 0.443 e. The van der Waals surface area contributed by atoms with Gasteiger partial charge in [-0.25, -0.2) is 4.98 Å². The fourth-order valence-corrected chi connectivity index (χ4v) is 2.59. The zero-order chi connectivity index (χ0) is 23.0. The second-order valence-corrected chi connectivity index (χ2v) is 6.97. The molecule has 1 amide bonds. The van der Waals surface area contributed by atoms with Gasteiger partial charge in [0, 0.05) is 29.8 Å². The molecule has 9 heteroatoms. The molecule has 2 aromatic rings. The molecule has 0 atom stereocenters. The van der Waals surface area contributed by atoms with Gasteiger partial charge in [0.15, 0.2) is 5.78 Å². The lowest BCUT2D eigenvalue weighted by atomic mass is 10.0. The topological polar surface area (TPSA) is 68.3 Å². The van der Waals surface area contributed by atoms with Gasteiger partial charge in [0.1, 0.15) is 5.76 Å². The first kappa shape index (κ1) is 24.1. The largest absolute Gasteiger partial charge is 0.471 e. The monoisotopic (exact) mass is 452 g/mol. The van der Waals surface area contributed by atoms with Crippen molar-refractivity contribution >= 4 is 23.3 Å². The lowest BCUT2D eigenvalue weighted by Crippen LogP contribution is -2.36. The van der Waals surface area contributed by atoms with Gasteiger partial charge in [-0.2, -0.15) is 13.2 Å². The molecule has 0 aliphatic carbocycles. The Balaban J connectivity index is 2.13. The van der Waals surface area contributed by atoms with Gasteiger partial charge < -0.3 is 10.1 Å². The van der Waals surface area contributed by atoms with Crippen LogP contribution in [-0.4, -0.2) is 22.9 Å². The van der Waals surface area contributed by atoms with Crippen molar-refractivity contribution in [2.24, 2.45) is 0 Å². The SMILES string of the molecule is C=C(Cl)CC/C(=C\C)Oc1ncccc1C(=O)c1ccc(CNC(=O)C(F)(F)F)cc1. The third-order valence-corrected chi connectivity index (χ3v) is 4.32. The molecule has 0 spiro atoms. The van der Waals surface area contributed by atoms with E-state index in [4.69, 9.17) is 16.3 Å². The summed E-state index contributed by atoms with van der Waals surface area (Å²) in [7, 11) is 0. The zero-order valence-corrected chi connectivity index (χ0v) is 17.4. The summed E-state index contributed by atoms with van der Waals surface area (Å²) >= 11 is 5.79. The van der Waals surface area contributed by atoms with Crippen molar-refractivity contribution in [1.82, 2.24) is 10.3 Å². The first-order valence-corrected chi connectivity index (χ1v) is 9.59. The van der Waals surface area contributed by atoms with Crippen molar-refractivity contribution in [3.8, 4) is 5.88 Å². The van der Waals surface area contributed by atoms with Crippen LogP contribution in [0.5, 0.6) is 5.88 Å². The van der Waals surface area contributed by atoms with E-state index in [1.54, 1.807) is 30.4 Å². The Hall–Kier alpha value is -3.13. The fraction of sp³-hybridized carbons (Fsp3) is 0.227. The number of hydrogen-bond donors (Lipinski definition) is 1. The number of pyridine rings is 1. The Morgan fingerprint density at radius 2 is 1.87 bits per heavy atom. The van der Waals surface area contributed by atoms with E-state index >= 15 is 0 Å². The summed E-state index contributed by atoms with van der Waals surface area (Å²) in [5, 5.41) is 2.25. The number of allylic oxidation sites excluding steroid dienone is 3. The highest BCUT2D eigenvalue weighted by molar-refractivity contribution is 6.29. The van der Waals surface area contributed by atoms with Gasteiger partial charge in [-0.3, -0.25) is 9.59 Å². The number of carbonyl (C=O) groups excluding carboxylic acids is 2. The lowest BCUT2D eigenvalue weighted by Gasteiger charge is -2.12. The van der Waals surface area contributed by atoms with Crippen LogP contribution in [0.3, 0.4) is 0 Å². The molecule has 1 heterocycles. The number of aromatic nitrogens is 1. The maximum atomic E-state index is 12.9. The summed E-state index contributed by atoms with van der Waals surface area (Å²) in [6.07, 6.45) is -0.723. The second-order valence-electron chi connectivity index (χ2n) is 6.44. The molecule has 0 saturated carbocycles. The van der Waals surface area contributed by atoms with E-state index in [2.05, 4.69) is 11.6 Å². The number of hydrogen-bond acceptors (Lipinski definition) is 4. The number of rotatable bonds is 9. The lowest BCUT2D eigenvalue weighted by molar-refractivity contribution is -0.173. The highest BCUT2D eigenvalue weighted by atomic mass is 35.5. The molecule has 5 nitrogen and oxygen atoms in total. The molecule has 1 aromatic carbocycles. The average molecular weight is 453 g/mol. The van der Waals surface area contributed by atoms with Gasteiger partial charge >= 0.3 is 12.1 Å². The molecule has 0 radical (unpaired) electrons. The van der Waals surface area contributed by atoms with E-state index in [0.29, 0.717) is 34.8 Å². The van der Waals surface area contributed by atoms with Crippen LogP contribution < -0.4 is 10.1 Å². The molecule has 0 bridgehead atoms. The molecular weight excluding hydrogens is 433 g/mol. The molecule has 164 valence electrons. The molecule has 1 N–H and O–H groups in total. The van der Waals surface area contributed by atoms with Crippen molar-refractivity contribution in [3.63, 3.8) is 0 Å². The van der Waals surface area contributed by atoms with Crippen LogP contribution in [0.2, 0.25) is 0 Å². The van der Waals surface area contributed by atoms with Crippen LogP contribution in [0.4, 0.5) is 13.2 Å². The normalized spacial score (nSPS) is 11.7. The van der Waals surface area contributed by atoms with Gasteiger partial charge in [-0.15, -0.1) is 0 Å². The first-order chi connectivity index (χ1) is 14.6. The van der Waals surface area contributed by atoms with Crippen LogP contribution >= 0.6 is 11.6 Å². The molecule has 0 fully saturated rings. The Bertz CT molecular complexity index is 986. The minimum atomic E-state index is -4.95. The van der Waals surface area contributed by atoms with Crippen molar-refractivity contribution in [2.45, 2.75) is 32.5 Å². The predicted molar refractivity (Wildman–Crippen MR) is 111 cm³/mol. The van der Waals surface area contributed by atoms with E-state index in [1.165, 1.54) is 30.5 Å². The van der Waals surface area contributed by atoms with Gasteiger partial charge in [0.05, 0.1) is 5.56 Å². The number of ether oxygens (including phenoxy) is 1. The molecule has 0 unspecified atom stereocenters. The van der Waals surface area contributed by atoms with E-state index in [0.717, 1.165) is 0 Å². The van der Waals surface area contributed by atoms with Crippen LogP contribution in [-0.2, 0) is 11.3 Å². The van der Waals surface area contributed by atoms with Crippen molar-refractivity contribution in [1.29, 1.82) is 0 Å². The summed E-state index contributed by atoms with van der Waals surface area (Å²) in [4.78, 5) is 28.0. The summed E-state index contributed by atoms with van der Waals surface area (Å²) in [6.45, 7) is 5.10. The number of amides is 1. The van der Waals surface area contributed by atoms with Crippen LogP contribution in [0.25, 0.3) is 0 Å². The highest BCUT2D eigenvalue weighted by Crippen LogP contribution is 2.24. The van der Waals surface area contributed by atoms with Crippen molar-refractivity contribution in [3.05, 3.63) is 82.7 Å². The van der Waals surface area contributed by atoms with Gasteiger partial charge in [0.2, 0.25) is 5.88 Å². The summed E-state index contributed by atoms with van der Waals surface area (Å²) in [5.41, 5.74) is 0.930. The van der Waals surface area contributed by atoms with E-state index in [1.807, 2.05) is 0 Å². The third-order valence-electron chi connectivity index (χ3n) is 4.13. The minimum Gasteiger partial charge on any atom is -0.443 e. The summed E-state index contributed by atoms with van der Waals surface area (Å²) in [6, 6.07) is 9.01. The minimum absolute atomic E-state index is 0.127. The number of ketones is 1. The fourth-order valence-electron chi connectivity index (χ4n) is 2.49. The van der Waals surface area contributed by atoms with Crippen molar-refractivity contribution < 1.29 is 27.5 Å². The Kier molecular flexibility index (Phi) is 8.38. The quantitative estimate of drug-likeness (QED) is 0.413. The van der Waals surface area contributed by atoms with Crippen LogP contribution in [0, 0.1) is 0 Å². The number of alkyl halides is 3. The third kappa shape index (κ3) is 7.25. The molecule has 0 aliphatic rings. The molecule has 31 heavy (non-hydrogen) atoms. The standard InChI is InChI=1S/C22H20ClF3N2O3/c1-3-17(11-6-14(2)23)31-20-18(5-4-12-27-20)19(29)16-9-7-15(8-10-16)13-28-21(30)22(24,25)26/h3-5,7-10,12H,2,6,11,13H2,1H3,(H,28,30)/b17-3+. The Labute approximate surface area is 182 Å². The van der Waals surface area contributed by atoms with Crippen LogP contribution in [0.15, 0.2) is 66.0 Å². The highest BCUT2D eigenvalue weighted by Gasteiger charge is 2.38. The Morgan fingerprint density at radius 1 is 1.19 bits per heavy atom. The summed E-state index contributed by atoms with van der Waals surface area (Å²) < 4.78 is 42.6. The van der Waals surface area contributed by atoms with Crippen LogP contribution in [0.1, 0.15) is 41.3 Å². The van der Waals surface area contributed by atoms with Crippen molar-refractivity contribution in [2.75, 3.05) is 0 Å². The first-order valence-electron chi connectivity index (χ1n) is 9.21. The number of halogens is 4. The molecule has 0 saturated heterocycles. The zero-order valence-electron chi connectivity index (χ0n) is 16.6. The molecular formula is C22H20ClF3N2O3. The van der Waals surface area contributed by atoms with Gasteiger partial charge in [-0.05, 0) is 37.1 Å². The second kappa shape index (κ2) is 10.8. The number of nitrogens with zero attached hydrogens (tertiary/aromatic N) is 1. The number of carbonyl (C=O) groups is 2. The maximum Gasteiger partial charge on any atom is 0.471 e. The molecule has 0 aliphatic heterocycles. The molecule has 1 aromatic heterocycles. The van der Waals surface area contributed by atoms with E-state index in [-0.39, 0.29) is 23.8 Å². The number of benzene rings is 1.